The molecule has 0 amide bonds. The van der Waals surface area contributed by atoms with Crippen LogP contribution in [0.25, 0.3) is 11.0 Å². The van der Waals surface area contributed by atoms with Crippen molar-refractivity contribution in [2.75, 3.05) is 5.32 Å². The Hall–Kier alpha value is -2.82. The Kier molecular flexibility index (Phi) is 3.31. The summed E-state index contributed by atoms with van der Waals surface area (Å²) in [4.78, 5) is 11.4. The molecule has 3 rings (SSSR count). The van der Waals surface area contributed by atoms with E-state index in [0.29, 0.717) is 22.4 Å². The van der Waals surface area contributed by atoms with Gasteiger partial charge in [0, 0.05) is 11.1 Å². The minimum Gasteiger partial charge on any atom is -0.478 e. The predicted molar refractivity (Wildman–Crippen MR) is 76.9 cm³/mol. The van der Waals surface area contributed by atoms with Gasteiger partial charge in [0.15, 0.2) is 0 Å². The third-order valence-electron chi connectivity index (χ3n) is 3.16. The van der Waals surface area contributed by atoms with Gasteiger partial charge in [-0.25, -0.2) is 9.18 Å². The monoisotopic (exact) mass is 285 g/mol. The molecule has 0 saturated heterocycles. The molecule has 0 spiro atoms. The summed E-state index contributed by atoms with van der Waals surface area (Å²) >= 11 is 0. The van der Waals surface area contributed by atoms with Crippen LogP contribution in [0.1, 0.15) is 16.1 Å². The molecule has 0 saturated carbocycles. The van der Waals surface area contributed by atoms with Crippen LogP contribution in [0.5, 0.6) is 0 Å². The lowest BCUT2D eigenvalue weighted by molar-refractivity contribution is 0.0696. The van der Waals surface area contributed by atoms with Crippen LogP contribution in [-0.4, -0.2) is 11.1 Å². The summed E-state index contributed by atoms with van der Waals surface area (Å²) in [6, 6.07) is 12.9. The van der Waals surface area contributed by atoms with E-state index < -0.39 is 5.97 Å². The number of para-hydroxylation sites is 1. The fourth-order valence-corrected chi connectivity index (χ4v) is 2.24. The fourth-order valence-electron chi connectivity index (χ4n) is 2.24. The zero-order valence-electron chi connectivity index (χ0n) is 11.0. The number of rotatable bonds is 4. The number of carboxylic acid groups (broad SMARTS) is 1. The van der Waals surface area contributed by atoms with Crippen LogP contribution in [0.4, 0.5) is 10.1 Å². The molecule has 106 valence electrons. The molecule has 0 atom stereocenters. The van der Waals surface area contributed by atoms with Crippen molar-refractivity contribution in [2.45, 2.75) is 6.54 Å². The summed E-state index contributed by atoms with van der Waals surface area (Å²) < 4.78 is 18.7. The number of halogens is 1. The summed E-state index contributed by atoms with van der Waals surface area (Å²) in [5.74, 6) is -1.09. The number of hydrogen-bond donors (Lipinski definition) is 2. The molecule has 0 fully saturated rings. The third kappa shape index (κ3) is 2.58. The number of carboxylic acids is 1. The summed E-state index contributed by atoms with van der Waals surface area (Å²) in [7, 11) is 0. The SMILES string of the molecule is O=C(O)c1c(CNc2cccc(F)c2)oc2ccccc12. The molecular weight excluding hydrogens is 273 g/mol. The van der Waals surface area contributed by atoms with Crippen molar-refractivity contribution in [3.05, 3.63) is 65.7 Å². The number of furan rings is 1. The molecule has 1 heterocycles. The molecule has 1 aromatic heterocycles. The normalized spacial score (nSPS) is 10.7. The van der Waals surface area contributed by atoms with E-state index in [0.717, 1.165) is 0 Å². The van der Waals surface area contributed by atoms with E-state index in [1.807, 2.05) is 0 Å². The van der Waals surface area contributed by atoms with Gasteiger partial charge in [0.25, 0.3) is 0 Å². The van der Waals surface area contributed by atoms with E-state index in [4.69, 9.17) is 4.42 Å². The Morgan fingerprint density at radius 3 is 2.76 bits per heavy atom. The maximum absolute atomic E-state index is 13.1. The van der Waals surface area contributed by atoms with Crippen molar-refractivity contribution in [3.63, 3.8) is 0 Å². The van der Waals surface area contributed by atoms with Gasteiger partial charge in [-0.15, -0.1) is 0 Å². The van der Waals surface area contributed by atoms with Crippen LogP contribution in [-0.2, 0) is 6.54 Å². The van der Waals surface area contributed by atoms with E-state index >= 15 is 0 Å². The molecule has 0 radical (unpaired) electrons. The average molecular weight is 285 g/mol. The van der Waals surface area contributed by atoms with Crippen molar-refractivity contribution in [2.24, 2.45) is 0 Å². The summed E-state index contributed by atoms with van der Waals surface area (Å²) in [5.41, 5.74) is 1.22. The highest BCUT2D eigenvalue weighted by atomic mass is 19.1. The van der Waals surface area contributed by atoms with Crippen molar-refractivity contribution in [3.8, 4) is 0 Å². The van der Waals surface area contributed by atoms with E-state index in [9.17, 15) is 14.3 Å². The predicted octanol–water partition coefficient (Wildman–Crippen LogP) is 3.88. The second-order valence-electron chi connectivity index (χ2n) is 4.57. The standard InChI is InChI=1S/C16H12FNO3/c17-10-4-3-5-11(8-10)18-9-14-15(16(19)20)12-6-1-2-7-13(12)21-14/h1-8,18H,9H2,(H,19,20). The minimum absolute atomic E-state index is 0.134. The number of benzene rings is 2. The van der Waals surface area contributed by atoms with Crippen molar-refractivity contribution in [1.29, 1.82) is 0 Å². The zero-order chi connectivity index (χ0) is 14.8. The molecule has 0 aliphatic rings. The first kappa shape index (κ1) is 13.2. The molecule has 0 bridgehead atoms. The molecule has 3 aromatic rings. The lowest BCUT2D eigenvalue weighted by Crippen LogP contribution is -2.05. The van der Waals surface area contributed by atoms with Gasteiger partial charge in [0.2, 0.25) is 0 Å². The molecule has 21 heavy (non-hydrogen) atoms. The average Bonchev–Trinajstić information content (AvgIpc) is 2.83. The summed E-state index contributed by atoms with van der Waals surface area (Å²) in [6.07, 6.45) is 0. The van der Waals surface area contributed by atoms with Gasteiger partial charge in [-0.2, -0.15) is 0 Å². The van der Waals surface area contributed by atoms with E-state index in [-0.39, 0.29) is 17.9 Å². The van der Waals surface area contributed by atoms with Crippen molar-refractivity contribution in [1.82, 2.24) is 0 Å². The molecule has 5 heteroatoms. The molecule has 0 aliphatic carbocycles. The molecule has 2 aromatic carbocycles. The highest BCUT2D eigenvalue weighted by Crippen LogP contribution is 2.26. The molecule has 0 unspecified atom stereocenters. The molecular formula is C16H12FNO3. The van der Waals surface area contributed by atoms with E-state index in [1.165, 1.54) is 12.1 Å². The highest BCUT2D eigenvalue weighted by molar-refractivity contribution is 6.03. The Bertz CT molecular complexity index is 810. The smallest absolute Gasteiger partial charge is 0.339 e. The first-order valence-electron chi connectivity index (χ1n) is 6.38. The van der Waals surface area contributed by atoms with Crippen LogP contribution in [0, 0.1) is 5.82 Å². The van der Waals surface area contributed by atoms with Gasteiger partial charge in [0.1, 0.15) is 22.7 Å². The number of fused-ring (bicyclic) bond motifs is 1. The molecule has 0 aliphatic heterocycles. The maximum atomic E-state index is 13.1. The van der Waals surface area contributed by atoms with Gasteiger partial charge in [-0.3, -0.25) is 0 Å². The Morgan fingerprint density at radius 2 is 2.00 bits per heavy atom. The quantitative estimate of drug-likeness (QED) is 0.763. The van der Waals surface area contributed by atoms with Crippen LogP contribution in [0.3, 0.4) is 0 Å². The van der Waals surface area contributed by atoms with Crippen molar-refractivity contribution < 1.29 is 18.7 Å². The van der Waals surface area contributed by atoms with Gasteiger partial charge < -0.3 is 14.8 Å². The van der Waals surface area contributed by atoms with Gasteiger partial charge in [0.05, 0.1) is 6.54 Å². The van der Waals surface area contributed by atoms with Gasteiger partial charge in [-0.05, 0) is 24.3 Å². The maximum Gasteiger partial charge on any atom is 0.339 e. The van der Waals surface area contributed by atoms with Crippen LogP contribution < -0.4 is 5.32 Å². The fraction of sp³-hybridized carbons (Fsp3) is 0.0625. The topological polar surface area (TPSA) is 62.5 Å². The number of nitrogens with one attached hydrogen (secondary N) is 1. The molecule has 2 N–H and O–H groups in total. The first-order chi connectivity index (χ1) is 10.1. The lowest BCUT2D eigenvalue weighted by Gasteiger charge is -2.05. The lowest BCUT2D eigenvalue weighted by atomic mass is 10.1. The number of carbonyl (C=O) groups is 1. The Morgan fingerprint density at radius 1 is 1.19 bits per heavy atom. The largest absolute Gasteiger partial charge is 0.478 e. The highest BCUT2D eigenvalue weighted by Gasteiger charge is 2.19. The number of anilines is 1. The second-order valence-corrected chi connectivity index (χ2v) is 4.57. The molecule has 4 nitrogen and oxygen atoms in total. The third-order valence-corrected chi connectivity index (χ3v) is 3.16. The second kappa shape index (κ2) is 5.28. The first-order valence-corrected chi connectivity index (χ1v) is 6.38. The number of hydrogen-bond acceptors (Lipinski definition) is 3. The van der Waals surface area contributed by atoms with Gasteiger partial charge in [-0.1, -0.05) is 24.3 Å². The van der Waals surface area contributed by atoms with Crippen LogP contribution >= 0.6 is 0 Å². The Balaban J connectivity index is 1.93. The summed E-state index contributed by atoms with van der Waals surface area (Å²) in [6.45, 7) is 0.166. The Labute approximate surface area is 119 Å². The van der Waals surface area contributed by atoms with E-state index in [2.05, 4.69) is 5.32 Å². The van der Waals surface area contributed by atoms with Crippen LogP contribution in [0.2, 0.25) is 0 Å². The van der Waals surface area contributed by atoms with Crippen molar-refractivity contribution >= 4 is 22.6 Å². The minimum atomic E-state index is -1.05. The zero-order valence-corrected chi connectivity index (χ0v) is 11.0. The summed E-state index contributed by atoms with van der Waals surface area (Å²) in [5, 5.41) is 12.9. The van der Waals surface area contributed by atoms with E-state index in [1.54, 1.807) is 36.4 Å². The van der Waals surface area contributed by atoms with Crippen LogP contribution in [0.15, 0.2) is 52.9 Å². The van der Waals surface area contributed by atoms with Gasteiger partial charge >= 0.3 is 5.97 Å². The number of aromatic carboxylic acids is 1.